The van der Waals surface area contributed by atoms with Gasteiger partial charge < -0.3 is 5.11 Å². The van der Waals surface area contributed by atoms with Gasteiger partial charge in [-0.3, -0.25) is 10.1 Å². The number of pyridine rings is 1. The van der Waals surface area contributed by atoms with E-state index in [0.29, 0.717) is 16.5 Å². The van der Waals surface area contributed by atoms with Crippen LogP contribution in [0.1, 0.15) is 11.1 Å². The Bertz CT molecular complexity index is 566. The maximum absolute atomic E-state index is 10.9. The largest absolute Gasteiger partial charge is 0.392 e. The van der Waals surface area contributed by atoms with Crippen molar-refractivity contribution in [3.8, 4) is 0 Å². The molecule has 0 saturated heterocycles. The van der Waals surface area contributed by atoms with Crippen LogP contribution in [0.4, 0.5) is 5.69 Å². The molecule has 1 aromatic heterocycles. The second kappa shape index (κ2) is 3.86. The summed E-state index contributed by atoms with van der Waals surface area (Å²) in [5.41, 5.74) is 1.73. The fraction of sp³-hybridized carbons (Fsp3) is 0.182. The number of nitrogens with zero attached hydrogens (tertiary/aromatic N) is 2. The summed E-state index contributed by atoms with van der Waals surface area (Å²) in [6.45, 7) is 1.65. The van der Waals surface area contributed by atoms with Crippen molar-refractivity contribution in [1.29, 1.82) is 0 Å². The zero-order valence-electron chi connectivity index (χ0n) is 8.67. The van der Waals surface area contributed by atoms with Crippen LogP contribution >= 0.6 is 0 Å². The van der Waals surface area contributed by atoms with E-state index in [1.165, 1.54) is 6.07 Å². The summed E-state index contributed by atoms with van der Waals surface area (Å²) in [4.78, 5) is 14.4. The van der Waals surface area contributed by atoms with Crippen LogP contribution in [-0.2, 0) is 6.61 Å². The number of fused-ring (bicyclic) bond motifs is 1. The second-order valence-corrected chi connectivity index (χ2v) is 3.61. The highest BCUT2D eigenvalue weighted by atomic mass is 16.6. The molecule has 2 aromatic rings. The van der Waals surface area contributed by atoms with Crippen molar-refractivity contribution in [3.05, 3.63) is 45.6 Å². The van der Waals surface area contributed by atoms with Gasteiger partial charge in [0.2, 0.25) is 0 Å². The van der Waals surface area contributed by atoms with Crippen LogP contribution in [0.15, 0.2) is 24.4 Å². The number of non-ortho nitro benzene ring substituents is 1. The standard InChI is InChI=1S/C11H10N2O3/c1-7-2-9-3-8(6-14)4-10(13(15)16)11(9)12-5-7/h2-5,14H,6H2,1H3. The summed E-state index contributed by atoms with van der Waals surface area (Å²) in [6, 6.07) is 4.88. The molecule has 0 fully saturated rings. The van der Waals surface area contributed by atoms with Crippen molar-refractivity contribution in [2.45, 2.75) is 13.5 Å². The van der Waals surface area contributed by atoms with Gasteiger partial charge in [0.15, 0.2) is 0 Å². The number of hydrogen-bond acceptors (Lipinski definition) is 4. The van der Waals surface area contributed by atoms with Crippen molar-refractivity contribution in [3.63, 3.8) is 0 Å². The molecular weight excluding hydrogens is 208 g/mol. The lowest BCUT2D eigenvalue weighted by molar-refractivity contribution is -0.383. The Labute approximate surface area is 91.5 Å². The highest BCUT2D eigenvalue weighted by Crippen LogP contribution is 2.26. The predicted molar refractivity (Wildman–Crippen MR) is 59.1 cm³/mol. The van der Waals surface area contributed by atoms with Crippen molar-refractivity contribution >= 4 is 16.6 Å². The molecule has 1 heterocycles. The lowest BCUT2D eigenvalue weighted by atomic mass is 10.1. The van der Waals surface area contributed by atoms with E-state index in [4.69, 9.17) is 5.11 Å². The lowest BCUT2D eigenvalue weighted by Gasteiger charge is -2.03. The summed E-state index contributed by atoms with van der Waals surface area (Å²) < 4.78 is 0. The molecule has 0 bridgehead atoms. The second-order valence-electron chi connectivity index (χ2n) is 3.61. The number of aromatic nitrogens is 1. The third-order valence-corrected chi connectivity index (χ3v) is 2.34. The number of rotatable bonds is 2. The Hall–Kier alpha value is -2.01. The fourth-order valence-corrected chi connectivity index (χ4v) is 1.63. The van der Waals surface area contributed by atoms with E-state index in [1.807, 2.05) is 13.0 Å². The molecule has 1 aromatic carbocycles. The number of aryl methyl sites for hydroxylation is 1. The van der Waals surface area contributed by atoms with E-state index in [1.54, 1.807) is 12.3 Å². The fourth-order valence-electron chi connectivity index (χ4n) is 1.63. The van der Waals surface area contributed by atoms with E-state index in [-0.39, 0.29) is 12.3 Å². The molecule has 5 nitrogen and oxygen atoms in total. The van der Waals surface area contributed by atoms with Gasteiger partial charge in [-0.25, -0.2) is 4.98 Å². The monoisotopic (exact) mass is 218 g/mol. The van der Waals surface area contributed by atoms with E-state index in [2.05, 4.69) is 4.98 Å². The van der Waals surface area contributed by atoms with Crippen molar-refractivity contribution < 1.29 is 10.0 Å². The molecule has 0 aliphatic rings. The highest BCUT2D eigenvalue weighted by molar-refractivity contribution is 5.88. The Kier molecular flexibility index (Phi) is 2.54. The van der Waals surface area contributed by atoms with E-state index >= 15 is 0 Å². The van der Waals surface area contributed by atoms with Crippen LogP contribution < -0.4 is 0 Å². The Morgan fingerprint density at radius 3 is 2.81 bits per heavy atom. The third kappa shape index (κ3) is 1.72. The smallest absolute Gasteiger partial charge is 0.295 e. The zero-order valence-corrected chi connectivity index (χ0v) is 8.67. The zero-order chi connectivity index (χ0) is 11.7. The minimum Gasteiger partial charge on any atom is -0.392 e. The topological polar surface area (TPSA) is 76.3 Å². The van der Waals surface area contributed by atoms with Crippen molar-refractivity contribution in [1.82, 2.24) is 4.98 Å². The normalized spacial score (nSPS) is 10.6. The number of nitro groups is 1. The average Bonchev–Trinajstić information content (AvgIpc) is 2.26. The van der Waals surface area contributed by atoms with Crippen molar-refractivity contribution in [2.24, 2.45) is 0 Å². The minimum absolute atomic E-state index is 0.0680. The van der Waals surface area contributed by atoms with Crippen LogP contribution in [0.5, 0.6) is 0 Å². The maximum atomic E-state index is 10.9. The quantitative estimate of drug-likeness (QED) is 0.617. The summed E-state index contributed by atoms with van der Waals surface area (Å²) in [6.07, 6.45) is 1.59. The van der Waals surface area contributed by atoms with E-state index in [0.717, 1.165) is 5.56 Å². The first-order valence-electron chi connectivity index (χ1n) is 4.76. The van der Waals surface area contributed by atoms with Gasteiger partial charge in [0.25, 0.3) is 5.69 Å². The SMILES string of the molecule is Cc1cnc2c([N+](=O)[O-])cc(CO)cc2c1. The van der Waals surface area contributed by atoms with E-state index < -0.39 is 4.92 Å². The molecule has 0 aliphatic carbocycles. The minimum atomic E-state index is -0.482. The molecule has 0 spiro atoms. The number of aliphatic hydroxyl groups is 1. The molecular formula is C11H10N2O3. The number of benzene rings is 1. The molecule has 0 amide bonds. The summed E-state index contributed by atoms with van der Waals surface area (Å²) in [5, 5.41) is 20.6. The van der Waals surface area contributed by atoms with Crippen LogP contribution in [-0.4, -0.2) is 15.0 Å². The number of aliphatic hydroxyl groups excluding tert-OH is 1. The van der Waals surface area contributed by atoms with Gasteiger partial charge in [-0.1, -0.05) is 0 Å². The first kappa shape index (κ1) is 10.5. The molecule has 0 unspecified atom stereocenters. The van der Waals surface area contributed by atoms with Gasteiger partial charge in [-0.05, 0) is 30.2 Å². The van der Waals surface area contributed by atoms with Crippen LogP contribution in [0.3, 0.4) is 0 Å². The summed E-state index contributed by atoms with van der Waals surface area (Å²) in [7, 11) is 0. The number of nitro benzene ring substituents is 1. The van der Waals surface area contributed by atoms with Gasteiger partial charge in [-0.15, -0.1) is 0 Å². The van der Waals surface area contributed by atoms with E-state index in [9.17, 15) is 10.1 Å². The van der Waals surface area contributed by atoms with Gasteiger partial charge >= 0.3 is 0 Å². The predicted octanol–water partition coefficient (Wildman–Crippen LogP) is 1.94. The molecule has 0 radical (unpaired) electrons. The van der Waals surface area contributed by atoms with Crippen molar-refractivity contribution in [2.75, 3.05) is 0 Å². The lowest BCUT2D eigenvalue weighted by Crippen LogP contribution is -1.95. The van der Waals surface area contributed by atoms with Gasteiger partial charge in [0.05, 0.1) is 11.5 Å². The molecule has 82 valence electrons. The number of hydrogen-bond donors (Lipinski definition) is 1. The first-order valence-corrected chi connectivity index (χ1v) is 4.76. The van der Waals surface area contributed by atoms with Crippen LogP contribution in [0.2, 0.25) is 0 Å². The van der Waals surface area contributed by atoms with Gasteiger partial charge in [0.1, 0.15) is 5.52 Å². The Balaban J connectivity index is 2.81. The molecule has 5 heteroatoms. The summed E-state index contributed by atoms with van der Waals surface area (Å²) >= 11 is 0. The van der Waals surface area contributed by atoms with Crippen LogP contribution in [0.25, 0.3) is 10.9 Å². The van der Waals surface area contributed by atoms with Gasteiger partial charge in [0, 0.05) is 17.6 Å². The average molecular weight is 218 g/mol. The Morgan fingerprint density at radius 1 is 1.44 bits per heavy atom. The highest BCUT2D eigenvalue weighted by Gasteiger charge is 2.14. The Morgan fingerprint density at radius 2 is 2.19 bits per heavy atom. The first-order chi connectivity index (χ1) is 7.61. The molecule has 2 rings (SSSR count). The maximum Gasteiger partial charge on any atom is 0.295 e. The summed E-state index contributed by atoms with van der Waals surface area (Å²) in [5.74, 6) is 0. The third-order valence-electron chi connectivity index (χ3n) is 2.34. The molecule has 0 aliphatic heterocycles. The molecule has 1 N–H and O–H groups in total. The molecule has 0 atom stereocenters. The van der Waals surface area contributed by atoms with Gasteiger partial charge in [-0.2, -0.15) is 0 Å². The molecule has 0 saturated carbocycles. The van der Waals surface area contributed by atoms with Crippen LogP contribution in [0, 0.1) is 17.0 Å². The molecule has 16 heavy (non-hydrogen) atoms.